The summed E-state index contributed by atoms with van der Waals surface area (Å²) < 4.78 is 18.8. The van der Waals surface area contributed by atoms with Crippen molar-refractivity contribution < 1.29 is 13.9 Å². The number of hydrazone groups is 1. The normalized spacial score (nSPS) is 10.9. The average Bonchev–Trinajstić information content (AvgIpc) is 3.31. The van der Waals surface area contributed by atoms with E-state index in [0.717, 1.165) is 11.1 Å². The molecule has 6 nitrogen and oxygen atoms in total. The van der Waals surface area contributed by atoms with E-state index in [1.165, 1.54) is 18.3 Å². The first-order valence-electron chi connectivity index (χ1n) is 9.69. The topological polar surface area (TPSA) is 79.4 Å². The molecule has 0 spiro atoms. The molecule has 4 rings (SSSR count). The van der Waals surface area contributed by atoms with Gasteiger partial charge in [0.1, 0.15) is 23.9 Å². The first-order chi connectivity index (χ1) is 15.6. The molecule has 0 aliphatic rings. The Morgan fingerprint density at radius 3 is 2.66 bits per heavy atom. The van der Waals surface area contributed by atoms with Gasteiger partial charge in [-0.05, 0) is 53.6 Å². The Labute approximate surface area is 188 Å². The highest BCUT2D eigenvalue weighted by atomic mass is 35.5. The van der Waals surface area contributed by atoms with E-state index in [0.29, 0.717) is 28.6 Å². The third-order valence-electron chi connectivity index (χ3n) is 4.52. The standard InChI is InChI=1S/C24H18ClFN4O2/c25-19-8-4-17(5-9-19)15-32-21-3-1-2-18(12-21)22-13-23(29-28-22)24(31)30-27-14-16-6-10-20(26)11-7-16/h1-14H,15H2,(H,28,29)(H,30,31). The lowest BCUT2D eigenvalue weighted by molar-refractivity contribution is 0.0950. The summed E-state index contributed by atoms with van der Waals surface area (Å²) in [6.45, 7) is 0.404. The summed E-state index contributed by atoms with van der Waals surface area (Å²) in [7, 11) is 0. The van der Waals surface area contributed by atoms with Crippen molar-refractivity contribution in [1.82, 2.24) is 15.6 Å². The van der Waals surface area contributed by atoms with Crippen molar-refractivity contribution in [3.05, 3.63) is 107 Å². The second-order valence-corrected chi connectivity index (χ2v) is 7.30. The molecule has 0 aliphatic carbocycles. The minimum absolute atomic E-state index is 0.253. The van der Waals surface area contributed by atoms with Gasteiger partial charge in [0.25, 0.3) is 5.91 Å². The van der Waals surface area contributed by atoms with Gasteiger partial charge in [-0.15, -0.1) is 0 Å². The zero-order valence-electron chi connectivity index (χ0n) is 16.8. The van der Waals surface area contributed by atoms with Crippen LogP contribution < -0.4 is 10.2 Å². The number of aromatic nitrogens is 2. The number of halogens is 2. The molecule has 0 radical (unpaired) electrons. The first kappa shape index (κ1) is 21.3. The number of nitrogens with one attached hydrogen (secondary N) is 2. The Morgan fingerprint density at radius 2 is 1.88 bits per heavy atom. The van der Waals surface area contributed by atoms with E-state index in [2.05, 4.69) is 20.7 Å². The highest BCUT2D eigenvalue weighted by molar-refractivity contribution is 6.30. The van der Waals surface area contributed by atoms with E-state index in [4.69, 9.17) is 16.3 Å². The van der Waals surface area contributed by atoms with Crippen molar-refractivity contribution in [3.63, 3.8) is 0 Å². The Bertz CT molecular complexity index is 1240. The van der Waals surface area contributed by atoms with E-state index in [1.807, 2.05) is 48.5 Å². The predicted molar refractivity (Wildman–Crippen MR) is 121 cm³/mol. The quantitative estimate of drug-likeness (QED) is 0.301. The monoisotopic (exact) mass is 448 g/mol. The summed E-state index contributed by atoms with van der Waals surface area (Å²) in [6, 6.07) is 22.2. The molecule has 4 aromatic rings. The van der Waals surface area contributed by atoms with Gasteiger partial charge in [0.05, 0.1) is 11.9 Å². The van der Waals surface area contributed by atoms with Gasteiger partial charge in [-0.3, -0.25) is 9.89 Å². The van der Waals surface area contributed by atoms with Gasteiger partial charge in [0, 0.05) is 10.6 Å². The summed E-state index contributed by atoms with van der Waals surface area (Å²) in [5, 5.41) is 11.5. The highest BCUT2D eigenvalue weighted by Gasteiger charge is 2.11. The van der Waals surface area contributed by atoms with Crippen LogP contribution in [0.15, 0.2) is 84.0 Å². The lowest BCUT2D eigenvalue weighted by Crippen LogP contribution is -2.17. The SMILES string of the molecule is O=C(NN=Cc1ccc(F)cc1)c1cc(-c2cccc(OCc3ccc(Cl)cc3)c2)n[nH]1. The van der Waals surface area contributed by atoms with Crippen LogP contribution in [0.3, 0.4) is 0 Å². The van der Waals surface area contributed by atoms with Crippen LogP contribution in [0.2, 0.25) is 5.02 Å². The molecule has 0 saturated carbocycles. The van der Waals surface area contributed by atoms with Crippen molar-refractivity contribution in [2.45, 2.75) is 6.61 Å². The molecule has 1 heterocycles. The van der Waals surface area contributed by atoms with E-state index >= 15 is 0 Å². The first-order valence-corrected chi connectivity index (χ1v) is 10.1. The molecule has 3 aromatic carbocycles. The van der Waals surface area contributed by atoms with Crippen LogP contribution in [-0.2, 0) is 6.61 Å². The number of aromatic amines is 1. The summed E-state index contributed by atoms with van der Waals surface area (Å²) >= 11 is 5.90. The van der Waals surface area contributed by atoms with Gasteiger partial charge in [-0.2, -0.15) is 10.2 Å². The lowest BCUT2D eigenvalue weighted by Gasteiger charge is -2.07. The molecule has 1 amide bonds. The predicted octanol–water partition coefficient (Wildman–Crippen LogP) is 5.21. The summed E-state index contributed by atoms with van der Waals surface area (Å²) in [5.41, 5.74) is 5.71. The van der Waals surface area contributed by atoms with Gasteiger partial charge in [-0.25, -0.2) is 9.82 Å². The van der Waals surface area contributed by atoms with Crippen LogP contribution in [0.4, 0.5) is 4.39 Å². The van der Waals surface area contributed by atoms with Crippen LogP contribution in [0, 0.1) is 5.82 Å². The second kappa shape index (κ2) is 9.89. The van der Waals surface area contributed by atoms with Crippen LogP contribution in [-0.4, -0.2) is 22.3 Å². The largest absolute Gasteiger partial charge is 0.489 e. The Balaban J connectivity index is 1.38. The van der Waals surface area contributed by atoms with E-state index in [9.17, 15) is 9.18 Å². The molecule has 0 bridgehead atoms. The molecule has 2 N–H and O–H groups in total. The molecule has 1 aromatic heterocycles. The zero-order chi connectivity index (χ0) is 22.3. The number of ether oxygens (including phenoxy) is 1. The van der Waals surface area contributed by atoms with Crippen molar-refractivity contribution in [1.29, 1.82) is 0 Å². The van der Waals surface area contributed by atoms with Gasteiger partial charge in [-0.1, -0.05) is 48.0 Å². The lowest BCUT2D eigenvalue weighted by atomic mass is 10.1. The number of hydrogen-bond donors (Lipinski definition) is 2. The van der Waals surface area contributed by atoms with Crippen molar-refractivity contribution >= 4 is 23.7 Å². The van der Waals surface area contributed by atoms with E-state index < -0.39 is 5.91 Å². The molecule has 0 fully saturated rings. The van der Waals surface area contributed by atoms with Gasteiger partial charge >= 0.3 is 0 Å². The Morgan fingerprint density at radius 1 is 1.09 bits per heavy atom. The number of nitrogens with zero attached hydrogens (tertiary/aromatic N) is 2. The van der Waals surface area contributed by atoms with Gasteiger partial charge < -0.3 is 4.74 Å². The van der Waals surface area contributed by atoms with Crippen molar-refractivity contribution in [2.75, 3.05) is 0 Å². The minimum atomic E-state index is -0.447. The fourth-order valence-electron chi connectivity index (χ4n) is 2.85. The van der Waals surface area contributed by atoms with Crippen LogP contribution in [0.1, 0.15) is 21.6 Å². The number of H-pyrrole nitrogens is 1. The Hall–Kier alpha value is -3.97. The minimum Gasteiger partial charge on any atom is -0.489 e. The summed E-state index contributed by atoms with van der Waals surface area (Å²) in [6.07, 6.45) is 1.43. The van der Waals surface area contributed by atoms with Crippen LogP contribution in [0.25, 0.3) is 11.3 Å². The number of carbonyl (C=O) groups excluding carboxylic acids is 1. The molecule has 0 unspecified atom stereocenters. The third-order valence-corrected chi connectivity index (χ3v) is 4.77. The molecule has 160 valence electrons. The van der Waals surface area contributed by atoms with Crippen molar-refractivity contribution in [3.8, 4) is 17.0 Å². The Kier molecular flexibility index (Phi) is 6.57. The number of rotatable bonds is 7. The van der Waals surface area contributed by atoms with E-state index in [1.54, 1.807) is 18.2 Å². The average molecular weight is 449 g/mol. The maximum absolute atomic E-state index is 12.9. The molecular weight excluding hydrogens is 431 g/mol. The fraction of sp³-hybridized carbons (Fsp3) is 0.0417. The maximum atomic E-state index is 12.9. The molecule has 0 aliphatic heterocycles. The summed E-state index contributed by atoms with van der Waals surface area (Å²) in [5.74, 6) is -0.108. The van der Waals surface area contributed by atoms with Gasteiger partial charge in [0.2, 0.25) is 0 Å². The maximum Gasteiger partial charge on any atom is 0.289 e. The molecule has 0 saturated heterocycles. The van der Waals surface area contributed by atoms with Crippen LogP contribution >= 0.6 is 11.6 Å². The van der Waals surface area contributed by atoms with Gasteiger partial charge in [0.15, 0.2) is 0 Å². The number of hydrogen-bond acceptors (Lipinski definition) is 4. The molecule has 32 heavy (non-hydrogen) atoms. The third kappa shape index (κ3) is 5.59. The number of carbonyl (C=O) groups is 1. The molecule has 0 atom stereocenters. The highest BCUT2D eigenvalue weighted by Crippen LogP contribution is 2.23. The van der Waals surface area contributed by atoms with Crippen LogP contribution in [0.5, 0.6) is 5.75 Å². The fourth-order valence-corrected chi connectivity index (χ4v) is 2.98. The summed E-state index contributed by atoms with van der Waals surface area (Å²) in [4.78, 5) is 12.3. The van der Waals surface area contributed by atoms with Crippen molar-refractivity contribution in [2.24, 2.45) is 5.10 Å². The zero-order valence-corrected chi connectivity index (χ0v) is 17.5. The van der Waals surface area contributed by atoms with E-state index in [-0.39, 0.29) is 11.5 Å². The number of amides is 1. The smallest absolute Gasteiger partial charge is 0.289 e. The molecule has 8 heteroatoms. The molecular formula is C24H18ClFN4O2. The second-order valence-electron chi connectivity index (χ2n) is 6.86. The number of benzene rings is 3.